The van der Waals surface area contributed by atoms with Crippen LogP contribution in [-0.4, -0.2) is 29.6 Å². The number of halogens is 1. The predicted octanol–water partition coefficient (Wildman–Crippen LogP) is 3.10. The summed E-state index contributed by atoms with van der Waals surface area (Å²) in [6, 6.07) is 9.37. The number of nitrogens with zero attached hydrogens (tertiary/aromatic N) is 1. The summed E-state index contributed by atoms with van der Waals surface area (Å²) in [5.41, 5.74) is 0.655. The fraction of sp³-hybridized carbons (Fsp3) is 0.200. The summed E-state index contributed by atoms with van der Waals surface area (Å²) in [5.74, 6) is -0.671. The molecule has 29 heavy (non-hydrogen) atoms. The van der Waals surface area contributed by atoms with Crippen molar-refractivity contribution in [2.24, 2.45) is 0 Å². The van der Waals surface area contributed by atoms with Crippen LogP contribution in [-0.2, 0) is 14.3 Å². The second-order valence-electron chi connectivity index (χ2n) is 6.18. The quantitative estimate of drug-likeness (QED) is 0.485. The second-order valence-corrected chi connectivity index (χ2v) is 6.61. The molecule has 9 heteroatoms. The highest BCUT2D eigenvalue weighted by atomic mass is 35.5. The summed E-state index contributed by atoms with van der Waals surface area (Å²) in [5, 5.41) is 3.71. The molecule has 2 aromatic heterocycles. The lowest BCUT2D eigenvalue weighted by atomic mass is 10.1. The Morgan fingerprint density at radius 3 is 2.76 bits per heavy atom. The third-order valence-electron chi connectivity index (χ3n) is 3.94. The lowest BCUT2D eigenvalue weighted by Crippen LogP contribution is -2.31. The molecule has 0 unspecified atom stereocenters. The Kier molecular flexibility index (Phi) is 6.13. The van der Waals surface area contributed by atoms with E-state index in [1.165, 1.54) is 31.3 Å². The highest BCUT2D eigenvalue weighted by Gasteiger charge is 2.19. The molecule has 1 amide bonds. The van der Waals surface area contributed by atoms with E-state index in [2.05, 4.69) is 10.3 Å². The number of hydrogen-bond acceptors (Lipinski definition) is 7. The van der Waals surface area contributed by atoms with Crippen LogP contribution >= 0.6 is 11.6 Å². The number of amides is 1. The van der Waals surface area contributed by atoms with Crippen molar-refractivity contribution < 1.29 is 23.5 Å². The maximum Gasteiger partial charge on any atom is 0.344 e. The summed E-state index contributed by atoms with van der Waals surface area (Å²) < 4.78 is 15.6. The van der Waals surface area contributed by atoms with Crippen LogP contribution < -0.4 is 15.7 Å². The Morgan fingerprint density at radius 2 is 2.03 bits per heavy atom. The summed E-state index contributed by atoms with van der Waals surface area (Å²) in [7, 11) is 0. The van der Waals surface area contributed by atoms with Crippen molar-refractivity contribution in [1.29, 1.82) is 0 Å². The molecule has 0 radical (unpaired) electrons. The Morgan fingerprint density at radius 1 is 1.24 bits per heavy atom. The first-order valence-corrected chi connectivity index (χ1v) is 8.99. The van der Waals surface area contributed by atoms with Crippen molar-refractivity contribution >= 4 is 40.3 Å². The fourth-order valence-corrected chi connectivity index (χ4v) is 2.61. The molecule has 3 aromatic rings. The van der Waals surface area contributed by atoms with Crippen molar-refractivity contribution in [3.63, 3.8) is 0 Å². The first kappa shape index (κ1) is 20.3. The van der Waals surface area contributed by atoms with Crippen LogP contribution in [0.15, 0.2) is 51.8 Å². The summed E-state index contributed by atoms with van der Waals surface area (Å²) >= 11 is 5.73. The molecule has 8 nitrogen and oxygen atoms in total. The zero-order chi connectivity index (χ0) is 21.0. The van der Waals surface area contributed by atoms with E-state index in [0.29, 0.717) is 16.4 Å². The number of fused-ring (bicyclic) bond motifs is 1. The molecule has 0 bridgehead atoms. The number of hydrogen-bond donors (Lipinski definition) is 1. The SMILES string of the molecule is Cc1cc(=O)oc2cc(OCC(=O)O[C@@H](C)C(=O)Nc3ccc(Cl)cn3)ccc12. The van der Waals surface area contributed by atoms with Crippen LogP contribution in [0.5, 0.6) is 5.75 Å². The van der Waals surface area contributed by atoms with Gasteiger partial charge in [-0.05, 0) is 43.7 Å². The van der Waals surface area contributed by atoms with Crippen molar-refractivity contribution in [3.05, 3.63) is 63.6 Å². The Labute approximate surface area is 170 Å². The number of esters is 1. The van der Waals surface area contributed by atoms with Gasteiger partial charge in [-0.15, -0.1) is 0 Å². The van der Waals surface area contributed by atoms with E-state index in [1.807, 2.05) is 0 Å². The van der Waals surface area contributed by atoms with Crippen molar-refractivity contribution in [1.82, 2.24) is 4.98 Å². The van der Waals surface area contributed by atoms with Crippen molar-refractivity contribution in [3.8, 4) is 5.75 Å². The van der Waals surface area contributed by atoms with Gasteiger partial charge in [-0.1, -0.05) is 11.6 Å². The summed E-state index contributed by atoms with van der Waals surface area (Å²) in [6.07, 6.45) is 0.329. The van der Waals surface area contributed by atoms with Crippen LogP contribution in [0.25, 0.3) is 11.0 Å². The summed E-state index contributed by atoms with van der Waals surface area (Å²) in [6.45, 7) is 2.80. The van der Waals surface area contributed by atoms with Crippen LogP contribution in [0.1, 0.15) is 12.5 Å². The van der Waals surface area contributed by atoms with Gasteiger partial charge in [-0.2, -0.15) is 0 Å². The zero-order valence-electron chi connectivity index (χ0n) is 15.6. The molecular formula is C20H17ClN2O6. The first-order chi connectivity index (χ1) is 13.8. The molecule has 0 aliphatic rings. The third-order valence-corrected chi connectivity index (χ3v) is 4.16. The normalized spacial score (nSPS) is 11.7. The number of aromatic nitrogens is 1. The average Bonchev–Trinajstić information content (AvgIpc) is 2.67. The number of carbonyl (C=O) groups excluding carboxylic acids is 2. The van der Waals surface area contributed by atoms with E-state index in [1.54, 1.807) is 25.1 Å². The maximum absolute atomic E-state index is 12.1. The molecule has 0 aliphatic carbocycles. The average molecular weight is 417 g/mol. The van der Waals surface area contributed by atoms with E-state index in [-0.39, 0.29) is 5.82 Å². The monoisotopic (exact) mass is 416 g/mol. The van der Waals surface area contributed by atoms with Gasteiger partial charge in [0.25, 0.3) is 5.91 Å². The molecule has 0 saturated heterocycles. The number of rotatable bonds is 6. The van der Waals surface area contributed by atoms with Gasteiger partial charge in [0.2, 0.25) is 0 Å². The fourth-order valence-electron chi connectivity index (χ4n) is 2.50. The standard InChI is InChI=1S/C20H17ClN2O6/c1-11-7-18(24)29-16-8-14(4-5-15(11)16)27-10-19(25)28-12(2)20(26)23-17-6-3-13(21)9-22-17/h3-9,12H,10H2,1-2H3,(H,22,23,26)/t12-/m0/s1. The topological polar surface area (TPSA) is 108 Å². The second kappa shape index (κ2) is 8.74. The van der Waals surface area contributed by atoms with Gasteiger partial charge in [-0.3, -0.25) is 4.79 Å². The van der Waals surface area contributed by atoms with Crippen LogP contribution in [0.4, 0.5) is 5.82 Å². The number of pyridine rings is 1. The summed E-state index contributed by atoms with van der Waals surface area (Å²) in [4.78, 5) is 39.5. The number of carbonyl (C=O) groups is 2. The van der Waals surface area contributed by atoms with Crippen LogP contribution in [0.2, 0.25) is 5.02 Å². The number of aryl methyl sites for hydroxylation is 1. The van der Waals surface area contributed by atoms with E-state index in [0.717, 1.165) is 10.9 Å². The predicted molar refractivity (Wildman–Crippen MR) is 106 cm³/mol. The first-order valence-electron chi connectivity index (χ1n) is 8.61. The molecular weight excluding hydrogens is 400 g/mol. The molecule has 1 atom stereocenters. The smallest absolute Gasteiger partial charge is 0.344 e. The van der Waals surface area contributed by atoms with Gasteiger partial charge in [0.05, 0.1) is 5.02 Å². The zero-order valence-corrected chi connectivity index (χ0v) is 16.4. The van der Waals surface area contributed by atoms with E-state index < -0.39 is 30.2 Å². The molecule has 3 rings (SSSR count). The number of nitrogens with one attached hydrogen (secondary N) is 1. The number of ether oxygens (including phenoxy) is 2. The molecule has 150 valence electrons. The number of anilines is 1. The van der Waals surface area contributed by atoms with E-state index in [4.69, 9.17) is 25.5 Å². The minimum absolute atomic E-state index is 0.284. The Balaban J connectivity index is 1.55. The Hall–Kier alpha value is -3.39. The van der Waals surface area contributed by atoms with Gasteiger partial charge in [-0.25, -0.2) is 14.6 Å². The van der Waals surface area contributed by atoms with E-state index in [9.17, 15) is 14.4 Å². The van der Waals surface area contributed by atoms with Gasteiger partial charge >= 0.3 is 11.6 Å². The molecule has 2 heterocycles. The largest absolute Gasteiger partial charge is 0.482 e. The third kappa shape index (κ3) is 5.32. The molecule has 0 aliphatic heterocycles. The molecule has 0 fully saturated rings. The van der Waals surface area contributed by atoms with Gasteiger partial charge < -0.3 is 19.2 Å². The molecule has 1 aromatic carbocycles. The van der Waals surface area contributed by atoms with E-state index >= 15 is 0 Å². The lowest BCUT2D eigenvalue weighted by Gasteiger charge is -2.13. The highest BCUT2D eigenvalue weighted by molar-refractivity contribution is 6.30. The molecule has 1 N–H and O–H groups in total. The maximum atomic E-state index is 12.1. The van der Waals surface area contributed by atoms with Crippen molar-refractivity contribution in [2.45, 2.75) is 20.0 Å². The number of benzene rings is 1. The minimum atomic E-state index is -1.05. The van der Waals surface area contributed by atoms with Crippen molar-refractivity contribution in [2.75, 3.05) is 11.9 Å². The lowest BCUT2D eigenvalue weighted by molar-refractivity contribution is -0.155. The van der Waals surface area contributed by atoms with Gasteiger partial charge in [0.15, 0.2) is 12.7 Å². The molecule has 0 saturated carbocycles. The minimum Gasteiger partial charge on any atom is -0.482 e. The highest BCUT2D eigenvalue weighted by Crippen LogP contribution is 2.22. The van der Waals surface area contributed by atoms with Crippen LogP contribution in [0.3, 0.4) is 0 Å². The van der Waals surface area contributed by atoms with Crippen LogP contribution in [0, 0.1) is 6.92 Å². The van der Waals surface area contributed by atoms with Gasteiger partial charge in [0.1, 0.15) is 17.2 Å². The Bertz CT molecular complexity index is 1110. The van der Waals surface area contributed by atoms with Gasteiger partial charge in [0, 0.05) is 23.7 Å². The molecule has 0 spiro atoms.